The number of sulfonamides is 1. The maximum absolute atomic E-state index is 12.6. The monoisotopic (exact) mass is 374 g/mol. The summed E-state index contributed by atoms with van der Waals surface area (Å²) in [6.07, 6.45) is 0. The fourth-order valence-corrected chi connectivity index (χ4v) is 4.71. The third kappa shape index (κ3) is 3.15. The highest BCUT2D eigenvalue weighted by Crippen LogP contribution is 2.25. The number of aromatic nitrogens is 3. The van der Waals surface area contributed by atoms with Crippen molar-refractivity contribution in [2.24, 2.45) is 5.92 Å². The molecular formula is C17H18N4O4S. The topological polar surface area (TPSA) is 98.3 Å². The number of benzene rings is 1. The van der Waals surface area contributed by atoms with Crippen LogP contribution in [0.3, 0.4) is 0 Å². The van der Waals surface area contributed by atoms with E-state index in [0.717, 1.165) is 5.69 Å². The van der Waals surface area contributed by atoms with Gasteiger partial charge in [0.1, 0.15) is 11.4 Å². The van der Waals surface area contributed by atoms with Gasteiger partial charge in [0, 0.05) is 30.5 Å². The van der Waals surface area contributed by atoms with Gasteiger partial charge >= 0.3 is 0 Å². The minimum Gasteiger partial charge on any atom is -0.356 e. The van der Waals surface area contributed by atoms with Crippen molar-refractivity contribution in [3.8, 4) is 0 Å². The number of fused-ring (bicyclic) bond motifs is 1. The second-order valence-electron chi connectivity index (χ2n) is 6.56. The van der Waals surface area contributed by atoms with Gasteiger partial charge in [-0.15, -0.1) is 0 Å². The van der Waals surface area contributed by atoms with Gasteiger partial charge in [-0.05, 0) is 25.1 Å². The summed E-state index contributed by atoms with van der Waals surface area (Å²) < 4.78 is 33.2. The summed E-state index contributed by atoms with van der Waals surface area (Å²) in [7, 11) is -3.48. The Labute approximate surface area is 150 Å². The Hall–Kier alpha value is -2.52. The van der Waals surface area contributed by atoms with Crippen molar-refractivity contribution in [3.63, 3.8) is 0 Å². The highest BCUT2D eigenvalue weighted by atomic mass is 32.2. The molecule has 0 N–H and O–H groups in total. The number of nitrogens with zero attached hydrogens (tertiary/aromatic N) is 4. The first-order valence-corrected chi connectivity index (χ1v) is 9.89. The molecule has 1 fully saturated rings. The molecule has 136 valence electrons. The number of aryl methyl sites for hydroxylation is 1. The number of hydrogen-bond donors (Lipinski definition) is 0. The van der Waals surface area contributed by atoms with Crippen molar-refractivity contribution in [1.82, 2.24) is 19.2 Å². The second-order valence-corrected chi connectivity index (χ2v) is 8.53. The van der Waals surface area contributed by atoms with Gasteiger partial charge in [-0.2, -0.15) is 5.10 Å². The van der Waals surface area contributed by atoms with Crippen LogP contribution in [-0.2, 0) is 22.3 Å². The standard InChI is InChI=1S/C17H18N4O4S/c1-12-6-7-17(22)21(18-12)10-13-8-20(9-13)26(23,24)11-15-14-4-2-3-5-16(14)25-19-15/h2-7,13H,8-11H2,1H3. The third-order valence-corrected chi connectivity index (χ3v) is 6.24. The molecule has 0 spiro atoms. The zero-order valence-corrected chi connectivity index (χ0v) is 15.0. The van der Waals surface area contributed by atoms with E-state index in [0.29, 0.717) is 36.3 Å². The first kappa shape index (κ1) is 16.9. The lowest BCUT2D eigenvalue weighted by atomic mass is 10.0. The van der Waals surface area contributed by atoms with Crippen molar-refractivity contribution < 1.29 is 12.9 Å². The molecule has 1 aliphatic rings. The average Bonchev–Trinajstić information content (AvgIpc) is 2.96. The fourth-order valence-electron chi connectivity index (χ4n) is 3.10. The molecule has 3 heterocycles. The maximum atomic E-state index is 12.6. The Morgan fingerprint density at radius 2 is 1.96 bits per heavy atom. The van der Waals surface area contributed by atoms with E-state index in [9.17, 15) is 13.2 Å². The summed E-state index contributed by atoms with van der Waals surface area (Å²) in [5.74, 6) is -0.120. The maximum Gasteiger partial charge on any atom is 0.266 e. The smallest absolute Gasteiger partial charge is 0.266 e. The minimum atomic E-state index is -3.48. The van der Waals surface area contributed by atoms with Crippen LogP contribution in [-0.4, -0.2) is 40.7 Å². The fraction of sp³-hybridized carbons (Fsp3) is 0.353. The summed E-state index contributed by atoms with van der Waals surface area (Å²) in [6, 6.07) is 10.3. The molecule has 2 aromatic heterocycles. The third-order valence-electron chi connectivity index (χ3n) is 4.52. The van der Waals surface area contributed by atoms with Gasteiger partial charge in [-0.25, -0.2) is 17.4 Å². The van der Waals surface area contributed by atoms with E-state index >= 15 is 0 Å². The molecule has 0 atom stereocenters. The molecule has 4 rings (SSSR count). The molecule has 8 nitrogen and oxygen atoms in total. The largest absolute Gasteiger partial charge is 0.356 e. The van der Waals surface area contributed by atoms with Gasteiger partial charge in [-0.3, -0.25) is 4.79 Å². The van der Waals surface area contributed by atoms with Crippen LogP contribution >= 0.6 is 0 Å². The summed E-state index contributed by atoms with van der Waals surface area (Å²) in [4.78, 5) is 11.8. The Kier molecular flexibility index (Phi) is 4.12. The number of hydrogen-bond acceptors (Lipinski definition) is 6. The minimum absolute atomic E-state index is 0.0748. The lowest BCUT2D eigenvalue weighted by Crippen LogP contribution is -2.52. The first-order valence-electron chi connectivity index (χ1n) is 8.28. The van der Waals surface area contributed by atoms with E-state index in [1.165, 1.54) is 15.1 Å². The Morgan fingerprint density at radius 1 is 1.19 bits per heavy atom. The number of para-hydroxylation sites is 1. The van der Waals surface area contributed by atoms with Crippen LogP contribution in [0.15, 0.2) is 45.7 Å². The highest BCUT2D eigenvalue weighted by molar-refractivity contribution is 7.88. The summed E-state index contributed by atoms with van der Waals surface area (Å²) in [6.45, 7) is 2.98. The van der Waals surface area contributed by atoms with Crippen molar-refractivity contribution >= 4 is 21.0 Å². The normalized spacial score (nSPS) is 16.0. The molecule has 3 aromatic rings. The van der Waals surface area contributed by atoms with Crippen LogP contribution in [0, 0.1) is 12.8 Å². The molecule has 0 bridgehead atoms. The Morgan fingerprint density at radius 3 is 2.77 bits per heavy atom. The lowest BCUT2D eigenvalue weighted by molar-refractivity contribution is 0.172. The van der Waals surface area contributed by atoms with Crippen molar-refractivity contribution in [1.29, 1.82) is 0 Å². The SMILES string of the molecule is Cc1ccc(=O)n(CC2CN(S(=O)(=O)Cc3noc4ccccc34)C2)n1. The lowest BCUT2D eigenvalue weighted by Gasteiger charge is -2.37. The van der Waals surface area contributed by atoms with Crippen molar-refractivity contribution in [2.45, 2.75) is 19.2 Å². The van der Waals surface area contributed by atoms with Crippen molar-refractivity contribution in [2.75, 3.05) is 13.1 Å². The molecule has 0 aliphatic carbocycles. The van der Waals surface area contributed by atoms with Crippen LogP contribution in [0.2, 0.25) is 0 Å². The number of rotatable bonds is 5. The van der Waals surface area contributed by atoms with Gasteiger partial charge in [0.25, 0.3) is 5.56 Å². The van der Waals surface area contributed by atoms with Crippen LogP contribution < -0.4 is 5.56 Å². The average molecular weight is 374 g/mol. The molecule has 1 saturated heterocycles. The zero-order chi connectivity index (χ0) is 18.3. The van der Waals surface area contributed by atoms with E-state index in [2.05, 4.69) is 10.3 Å². The summed E-state index contributed by atoms with van der Waals surface area (Å²) in [5.41, 5.74) is 1.57. The first-order chi connectivity index (χ1) is 12.4. The summed E-state index contributed by atoms with van der Waals surface area (Å²) in [5, 5.41) is 8.80. The van der Waals surface area contributed by atoms with Crippen LogP contribution in [0.1, 0.15) is 11.4 Å². The molecule has 1 aromatic carbocycles. The van der Waals surface area contributed by atoms with Crippen LogP contribution in [0.25, 0.3) is 11.0 Å². The zero-order valence-electron chi connectivity index (χ0n) is 14.2. The molecule has 9 heteroatoms. The van der Waals surface area contributed by atoms with E-state index in [1.54, 1.807) is 18.2 Å². The Balaban J connectivity index is 1.43. The molecule has 0 unspecified atom stereocenters. The molecule has 1 aliphatic heterocycles. The molecular weight excluding hydrogens is 356 g/mol. The van der Waals surface area contributed by atoms with Gasteiger partial charge in [0.15, 0.2) is 5.58 Å². The second kappa shape index (κ2) is 6.33. The van der Waals surface area contributed by atoms with E-state index in [4.69, 9.17) is 4.52 Å². The van der Waals surface area contributed by atoms with E-state index in [-0.39, 0.29) is 17.2 Å². The molecule has 26 heavy (non-hydrogen) atoms. The predicted octanol–water partition coefficient (Wildman–Crippen LogP) is 1.15. The quantitative estimate of drug-likeness (QED) is 0.664. The van der Waals surface area contributed by atoms with Crippen LogP contribution in [0.5, 0.6) is 0 Å². The van der Waals surface area contributed by atoms with Crippen LogP contribution in [0.4, 0.5) is 0 Å². The molecule has 0 radical (unpaired) electrons. The van der Waals surface area contributed by atoms with E-state index < -0.39 is 10.0 Å². The predicted molar refractivity (Wildman–Crippen MR) is 94.9 cm³/mol. The summed E-state index contributed by atoms with van der Waals surface area (Å²) >= 11 is 0. The van der Waals surface area contributed by atoms with Gasteiger partial charge in [0.05, 0.1) is 12.2 Å². The van der Waals surface area contributed by atoms with Gasteiger partial charge in [-0.1, -0.05) is 17.3 Å². The molecule has 0 saturated carbocycles. The van der Waals surface area contributed by atoms with Gasteiger partial charge in [0.2, 0.25) is 10.0 Å². The Bertz CT molecular complexity index is 1110. The highest BCUT2D eigenvalue weighted by Gasteiger charge is 2.36. The van der Waals surface area contributed by atoms with E-state index in [1.807, 2.05) is 19.1 Å². The molecule has 0 amide bonds. The van der Waals surface area contributed by atoms with Crippen molar-refractivity contribution in [3.05, 3.63) is 58.1 Å². The van der Waals surface area contributed by atoms with Gasteiger partial charge < -0.3 is 4.52 Å².